The van der Waals surface area contributed by atoms with Crippen LogP contribution in [0.25, 0.3) is 0 Å². The summed E-state index contributed by atoms with van der Waals surface area (Å²) in [6, 6.07) is 31.9. The van der Waals surface area contributed by atoms with Gasteiger partial charge in [0.05, 0.1) is 37.0 Å². The van der Waals surface area contributed by atoms with Crippen LogP contribution >= 0.6 is 0 Å². The van der Waals surface area contributed by atoms with Gasteiger partial charge < -0.3 is 29.7 Å². The first kappa shape index (κ1) is 35.9. The minimum atomic E-state index is -1.04. The van der Waals surface area contributed by atoms with E-state index in [9.17, 15) is 24.6 Å². The standard InChI is InChI=1S/C40H43N3O8/c1-26(37(46)30-11-7-4-8-12-30)42(2)23-33-21-35(29-15-13-27(24-44)14-16-29)51-39(50-33)31-17-19-32(20-18-31)43-36(45)22-34(38(43)47)41-40(48)49-25-28-9-5-3-6-10-28/h3-20,26,33-35,37,39,44,46H,21-25H2,1-2H3,(H,41,48). The Morgan fingerprint density at radius 3 is 2.22 bits per heavy atom. The van der Waals surface area contributed by atoms with Gasteiger partial charge >= 0.3 is 6.09 Å². The molecule has 0 aliphatic carbocycles. The van der Waals surface area contributed by atoms with Crippen LogP contribution in [0, 0.1) is 0 Å². The number of carbonyl (C=O) groups is 3. The van der Waals surface area contributed by atoms with Gasteiger partial charge in [-0.2, -0.15) is 0 Å². The van der Waals surface area contributed by atoms with Gasteiger partial charge in [0.25, 0.3) is 5.91 Å². The summed E-state index contributed by atoms with van der Waals surface area (Å²) in [4.78, 5) is 41.7. The van der Waals surface area contributed by atoms with Crippen LogP contribution in [0.1, 0.15) is 66.1 Å². The Kier molecular flexibility index (Phi) is 11.5. The van der Waals surface area contributed by atoms with E-state index >= 15 is 0 Å². The number of ether oxygens (including phenoxy) is 3. The topological polar surface area (TPSA) is 138 Å². The zero-order valence-corrected chi connectivity index (χ0v) is 28.6. The molecule has 3 amide bonds. The largest absolute Gasteiger partial charge is 0.445 e. The number of imide groups is 1. The number of hydrogen-bond donors (Lipinski definition) is 3. The maximum Gasteiger partial charge on any atom is 0.408 e. The van der Waals surface area contributed by atoms with Crippen LogP contribution < -0.4 is 10.2 Å². The summed E-state index contributed by atoms with van der Waals surface area (Å²) < 4.78 is 18.2. The lowest BCUT2D eigenvalue weighted by molar-refractivity contribution is -0.253. The Morgan fingerprint density at radius 2 is 1.55 bits per heavy atom. The van der Waals surface area contributed by atoms with Crippen LogP contribution in [0.3, 0.4) is 0 Å². The van der Waals surface area contributed by atoms with Crippen molar-refractivity contribution in [3.63, 3.8) is 0 Å². The van der Waals surface area contributed by atoms with Crippen molar-refractivity contribution in [1.82, 2.24) is 10.2 Å². The van der Waals surface area contributed by atoms with E-state index in [0.29, 0.717) is 24.2 Å². The second kappa shape index (κ2) is 16.4. The van der Waals surface area contributed by atoms with E-state index in [1.54, 1.807) is 24.3 Å². The van der Waals surface area contributed by atoms with Crippen molar-refractivity contribution in [2.24, 2.45) is 0 Å². The molecular weight excluding hydrogens is 650 g/mol. The van der Waals surface area contributed by atoms with Crippen LogP contribution in [0.2, 0.25) is 0 Å². The predicted octanol–water partition coefficient (Wildman–Crippen LogP) is 5.34. The monoisotopic (exact) mass is 693 g/mol. The third-order valence-corrected chi connectivity index (χ3v) is 9.47. The van der Waals surface area contributed by atoms with Gasteiger partial charge in [0.1, 0.15) is 12.6 Å². The van der Waals surface area contributed by atoms with Crippen LogP contribution in [-0.2, 0) is 37.0 Å². The van der Waals surface area contributed by atoms with Crippen molar-refractivity contribution in [3.8, 4) is 0 Å². The SMILES string of the molecule is CC(C(O)c1ccccc1)N(C)CC1CC(c2ccc(CO)cc2)OC(c2ccc(N3C(=O)CC(NC(=O)OCc4ccccc4)C3=O)cc2)O1. The van der Waals surface area contributed by atoms with Crippen LogP contribution in [0.15, 0.2) is 109 Å². The van der Waals surface area contributed by atoms with E-state index in [1.165, 1.54) is 0 Å². The maximum atomic E-state index is 13.2. The van der Waals surface area contributed by atoms with Crippen LogP contribution in [0.5, 0.6) is 0 Å². The number of aliphatic hydroxyl groups excluding tert-OH is 2. The molecule has 0 aromatic heterocycles. The van der Waals surface area contributed by atoms with Crippen molar-refractivity contribution in [2.75, 3.05) is 18.5 Å². The number of carbonyl (C=O) groups excluding carboxylic acids is 3. The van der Waals surface area contributed by atoms with Gasteiger partial charge in [-0.1, -0.05) is 97.1 Å². The predicted molar refractivity (Wildman–Crippen MR) is 189 cm³/mol. The molecule has 3 N–H and O–H groups in total. The van der Waals surface area contributed by atoms with Crippen molar-refractivity contribution in [1.29, 1.82) is 0 Å². The number of aliphatic hydroxyl groups is 2. The summed E-state index contributed by atoms with van der Waals surface area (Å²) in [6.45, 7) is 2.48. The summed E-state index contributed by atoms with van der Waals surface area (Å²) >= 11 is 0. The first-order chi connectivity index (χ1) is 24.7. The number of rotatable bonds is 12. The molecule has 0 bridgehead atoms. The highest BCUT2D eigenvalue weighted by molar-refractivity contribution is 6.22. The van der Waals surface area contributed by atoms with Gasteiger partial charge in [0, 0.05) is 24.6 Å². The number of likely N-dealkylation sites (N-methyl/N-ethyl adjacent to an activating group) is 1. The van der Waals surface area contributed by atoms with E-state index in [-0.39, 0.29) is 37.9 Å². The maximum absolute atomic E-state index is 13.2. The van der Waals surface area contributed by atoms with Gasteiger partial charge in [0.15, 0.2) is 6.29 Å². The number of nitrogens with one attached hydrogen (secondary N) is 1. The number of nitrogens with zero attached hydrogens (tertiary/aromatic N) is 2. The molecule has 2 fully saturated rings. The zero-order valence-electron chi connectivity index (χ0n) is 28.6. The molecule has 266 valence electrons. The number of hydrogen-bond acceptors (Lipinski definition) is 9. The van der Waals surface area contributed by atoms with Crippen LogP contribution in [0.4, 0.5) is 10.5 Å². The molecule has 6 atom stereocenters. The number of alkyl carbamates (subject to hydrolysis) is 1. The smallest absolute Gasteiger partial charge is 0.408 e. The van der Waals surface area contributed by atoms with E-state index in [0.717, 1.165) is 27.2 Å². The summed E-state index contributed by atoms with van der Waals surface area (Å²) in [5.41, 5.74) is 4.43. The van der Waals surface area contributed by atoms with Gasteiger partial charge in [-0.3, -0.25) is 14.5 Å². The molecule has 11 nitrogen and oxygen atoms in total. The van der Waals surface area contributed by atoms with E-state index in [4.69, 9.17) is 14.2 Å². The van der Waals surface area contributed by atoms with E-state index in [1.807, 2.05) is 98.9 Å². The third kappa shape index (κ3) is 8.70. The highest BCUT2D eigenvalue weighted by atomic mass is 16.7. The fourth-order valence-corrected chi connectivity index (χ4v) is 6.39. The lowest BCUT2D eigenvalue weighted by atomic mass is 9.98. The average Bonchev–Trinajstić information content (AvgIpc) is 3.45. The van der Waals surface area contributed by atoms with E-state index < -0.39 is 36.3 Å². The quantitative estimate of drug-likeness (QED) is 0.168. The molecule has 6 unspecified atom stereocenters. The summed E-state index contributed by atoms with van der Waals surface area (Å²) in [5.74, 6) is -0.983. The van der Waals surface area contributed by atoms with Crippen molar-refractivity contribution >= 4 is 23.6 Å². The highest BCUT2D eigenvalue weighted by Crippen LogP contribution is 2.39. The van der Waals surface area contributed by atoms with Gasteiger partial charge in [-0.25, -0.2) is 9.69 Å². The molecule has 2 saturated heterocycles. The van der Waals surface area contributed by atoms with Gasteiger partial charge in [0.2, 0.25) is 5.91 Å². The van der Waals surface area contributed by atoms with Crippen LogP contribution in [-0.4, -0.2) is 64.8 Å². The lowest BCUT2D eigenvalue weighted by Gasteiger charge is -2.39. The molecule has 0 radical (unpaired) electrons. The molecule has 51 heavy (non-hydrogen) atoms. The normalized spacial score (nSPS) is 21.8. The lowest BCUT2D eigenvalue weighted by Crippen LogP contribution is -2.43. The molecule has 11 heteroatoms. The highest BCUT2D eigenvalue weighted by Gasteiger charge is 2.41. The fraction of sp³-hybridized carbons (Fsp3) is 0.325. The molecule has 4 aromatic rings. The number of anilines is 1. The first-order valence-corrected chi connectivity index (χ1v) is 17.1. The Morgan fingerprint density at radius 1 is 0.902 bits per heavy atom. The Labute approximate surface area is 297 Å². The van der Waals surface area contributed by atoms with Gasteiger partial charge in [-0.05, 0) is 48.4 Å². The Bertz CT molecular complexity index is 1770. The molecule has 2 heterocycles. The average molecular weight is 694 g/mol. The summed E-state index contributed by atoms with van der Waals surface area (Å²) in [7, 11) is 1.96. The molecule has 0 saturated carbocycles. The third-order valence-electron chi connectivity index (χ3n) is 9.47. The molecule has 2 aliphatic heterocycles. The second-order valence-electron chi connectivity index (χ2n) is 13.0. The van der Waals surface area contributed by atoms with Crippen molar-refractivity contribution < 1.29 is 38.8 Å². The minimum absolute atomic E-state index is 0.0403. The molecular formula is C40H43N3O8. The Hall–Kier alpha value is -4.91. The van der Waals surface area contributed by atoms with Gasteiger partial charge in [-0.15, -0.1) is 0 Å². The molecule has 4 aromatic carbocycles. The molecule has 6 rings (SSSR count). The first-order valence-electron chi connectivity index (χ1n) is 17.1. The van der Waals surface area contributed by atoms with Crippen molar-refractivity contribution in [3.05, 3.63) is 137 Å². The summed E-state index contributed by atoms with van der Waals surface area (Å²) in [5, 5.41) is 23.1. The molecule has 0 spiro atoms. The second-order valence-corrected chi connectivity index (χ2v) is 13.0. The fourth-order valence-electron chi connectivity index (χ4n) is 6.39. The van der Waals surface area contributed by atoms with Crippen molar-refractivity contribution in [2.45, 2.75) is 69.7 Å². The number of benzene rings is 4. The minimum Gasteiger partial charge on any atom is -0.445 e. The summed E-state index contributed by atoms with van der Waals surface area (Å²) in [6.07, 6.45) is -2.44. The molecule has 2 aliphatic rings. The van der Waals surface area contributed by atoms with E-state index in [2.05, 4.69) is 10.2 Å². The Balaban J connectivity index is 1.13. The zero-order chi connectivity index (χ0) is 35.9. The number of amides is 3.